The van der Waals surface area contributed by atoms with Gasteiger partial charge in [-0.25, -0.2) is 15.0 Å². The lowest BCUT2D eigenvalue weighted by atomic mass is 10.0. The van der Waals surface area contributed by atoms with E-state index in [1.54, 1.807) is 19.5 Å². The first-order valence-corrected chi connectivity index (χ1v) is 6.91. The molecule has 0 N–H and O–H groups in total. The number of hydrogen-bond acceptors (Lipinski definition) is 5. The van der Waals surface area contributed by atoms with Gasteiger partial charge < -0.3 is 14.2 Å². The highest BCUT2D eigenvalue weighted by Crippen LogP contribution is 2.23. The van der Waals surface area contributed by atoms with Crippen molar-refractivity contribution >= 4 is 5.95 Å². The molecular formula is C14H19N5O. The fourth-order valence-electron chi connectivity index (χ4n) is 2.53. The van der Waals surface area contributed by atoms with Crippen LogP contribution < -0.4 is 9.64 Å². The SMILES string of the molecule is CCc1nccn1CC1CN(c2ncc(OC)cn2)C1. The molecule has 0 aromatic carbocycles. The summed E-state index contributed by atoms with van der Waals surface area (Å²) < 4.78 is 7.31. The van der Waals surface area contributed by atoms with Crippen molar-refractivity contribution in [3.8, 4) is 5.75 Å². The van der Waals surface area contributed by atoms with Gasteiger partial charge in [0, 0.05) is 44.4 Å². The predicted molar refractivity (Wildman–Crippen MR) is 75.9 cm³/mol. The van der Waals surface area contributed by atoms with Crippen LogP contribution >= 0.6 is 0 Å². The molecule has 0 spiro atoms. The van der Waals surface area contributed by atoms with Crippen molar-refractivity contribution in [1.29, 1.82) is 0 Å². The van der Waals surface area contributed by atoms with Crippen molar-refractivity contribution in [3.05, 3.63) is 30.6 Å². The van der Waals surface area contributed by atoms with E-state index >= 15 is 0 Å². The zero-order valence-corrected chi connectivity index (χ0v) is 11.9. The average Bonchev–Trinajstić information content (AvgIpc) is 2.90. The Labute approximate surface area is 118 Å². The molecule has 1 aliphatic rings. The van der Waals surface area contributed by atoms with Gasteiger partial charge in [0.25, 0.3) is 0 Å². The molecule has 3 heterocycles. The number of aryl methyl sites for hydroxylation is 1. The highest BCUT2D eigenvalue weighted by atomic mass is 16.5. The van der Waals surface area contributed by atoms with Gasteiger partial charge in [-0.15, -0.1) is 0 Å². The third kappa shape index (κ3) is 2.45. The zero-order valence-electron chi connectivity index (χ0n) is 11.9. The van der Waals surface area contributed by atoms with Gasteiger partial charge in [0.15, 0.2) is 5.75 Å². The normalized spacial score (nSPS) is 15.2. The van der Waals surface area contributed by atoms with Crippen LogP contribution in [0.2, 0.25) is 0 Å². The summed E-state index contributed by atoms with van der Waals surface area (Å²) in [6.45, 7) is 5.15. The number of hydrogen-bond donors (Lipinski definition) is 0. The number of imidazole rings is 1. The van der Waals surface area contributed by atoms with Gasteiger partial charge in [0.05, 0.1) is 19.5 Å². The third-order valence-electron chi connectivity index (χ3n) is 3.66. The molecular weight excluding hydrogens is 254 g/mol. The fraction of sp³-hybridized carbons (Fsp3) is 0.500. The Morgan fingerprint density at radius 1 is 1.25 bits per heavy atom. The number of aromatic nitrogens is 4. The van der Waals surface area contributed by atoms with Gasteiger partial charge in [-0.05, 0) is 0 Å². The summed E-state index contributed by atoms with van der Waals surface area (Å²) in [4.78, 5) is 15.2. The predicted octanol–water partition coefficient (Wildman–Crippen LogP) is 1.38. The first-order chi connectivity index (χ1) is 9.80. The van der Waals surface area contributed by atoms with Crippen LogP contribution in [0.1, 0.15) is 12.7 Å². The molecule has 106 valence electrons. The minimum Gasteiger partial charge on any atom is -0.494 e. The minimum absolute atomic E-state index is 0.639. The lowest BCUT2D eigenvalue weighted by Crippen LogP contribution is -2.49. The van der Waals surface area contributed by atoms with Crippen LogP contribution in [0.4, 0.5) is 5.95 Å². The van der Waals surface area contributed by atoms with E-state index in [0.29, 0.717) is 11.7 Å². The van der Waals surface area contributed by atoms with E-state index in [9.17, 15) is 0 Å². The monoisotopic (exact) mass is 273 g/mol. The van der Waals surface area contributed by atoms with E-state index < -0.39 is 0 Å². The van der Waals surface area contributed by atoms with Gasteiger partial charge in [0.1, 0.15) is 5.82 Å². The first kappa shape index (κ1) is 12.9. The maximum atomic E-state index is 5.06. The molecule has 2 aromatic rings. The summed E-state index contributed by atoms with van der Waals surface area (Å²) >= 11 is 0. The molecule has 1 aliphatic heterocycles. The quantitative estimate of drug-likeness (QED) is 0.823. The van der Waals surface area contributed by atoms with Gasteiger partial charge in [0.2, 0.25) is 5.95 Å². The molecule has 0 radical (unpaired) electrons. The Kier molecular flexibility index (Phi) is 3.54. The van der Waals surface area contributed by atoms with E-state index in [1.165, 1.54) is 0 Å². The summed E-state index contributed by atoms with van der Waals surface area (Å²) in [7, 11) is 1.62. The Morgan fingerprint density at radius 2 is 2.00 bits per heavy atom. The van der Waals surface area contributed by atoms with Crippen LogP contribution in [0.5, 0.6) is 5.75 Å². The molecule has 6 heteroatoms. The smallest absolute Gasteiger partial charge is 0.225 e. The van der Waals surface area contributed by atoms with Gasteiger partial charge in [-0.1, -0.05) is 6.92 Å². The van der Waals surface area contributed by atoms with E-state index in [-0.39, 0.29) is 0 Å². The van der Waals surface area contributed by atoms with Crippen molar-refractivity contribution < 1.29 is 4.74 Å². The Hall–Kier alpha value is -2.11. The lowest BCUT2D eigenvalue weighted by Gasteiger charge is -2.39. The van der Waals surface area contributed by atoms with Crippen molar-refractivity contribution in [2.75, 3.05) is 25.1 Å². The summed E-state index contributed by atoms with van der Waals surface area (Å²) in [5.74, 6) is 3.27. The fourth-order valence-corrected chi connectivity index (χ4v) is 2.53. The molecule has 1 saturated heterocycles. The van der Waals surface area contributed by atoms with Gasteiger partial charge in [-0.3, -0.25) is 0 Å². The van der Waals surface area contributed by atoms with E-state index in [4.69, 9.17) is 4.74 Å². The number of ether oxygens (including phenoxy) is 1. The number of rotatable bonds is 5. The van der Waals surface area contributed by atoms with Crippen molar-refractivity contribution in [2.24, 2.45) is 5.92 Å². The third-order valence-corrected chi connectivity index (χ3v) is 3.66. The molecule has 6 nitrogen and oxygen atoms in total. The van der Waals surface area contributed by atoms with Crippen LogP contribution in [-0.2, 0) is 13.0 Å². The average molecular weight is 273 g/mol. The Morgan fingerprint density at radius 3 is 2.65 bits per heavy atom. The standard InChI is InChI=1S/C14H19N5O/c1-3-13-15-4-5-18(13)8-11-9-19(10-11)14-16-6-12(20-2)7-17-14/h4-7,11H,3,8-10H2,1-2H3. The number of nitrogens with zero attached hydrogens (tertiary/aromatic N) is 5. The second kappa shape index (κ2) is 5.48. The van der Waals surface area contributed by atoms with Crippen LogP contribution in [-0.4, -0.2) is 39.7 Å². The molecule has 0 bridgehead atoms. The van der Waals surface area contributed by atoms with Crippen LogP contribution in [0.3, 0.4) is 0 Å². The molecule has 0 saturated carbocycles. The van der Waals surface area contributed by atoms with E-state index in [1.807, 2.05) is 6.20 Å². The van der Waals surface area contributed by atoms with Crippen LogP contribution in [0.15, 0.2) is 24.8 Å². The minimum atomic E-state index is 0.639. The molecule has 20 heavy (non-hydrogen) atoms. The topological polar surface area (TPSA) is 56.1 Å². The van der Waals surface area contributed by atoms with Crippen molar-refractivity contribution in [3.63, 3.8) is 0 Å². The second-order valence-electron chi connectivity index (χ2n) is 5.04. The Balaban J connectivity index is 1.55. The van der Waals surface area contributed by atoms with Gasteiger partial charge >= 0.3 is 0 Å². The molecule has 0 unspecified atom stereocenters. The van der Waals surface area contributed by atoms with Crippen LogP contribution in [0, 0.1) is 5.92 Å². The maximum Gasteiger partial charge on any atom is 0.225 e. The van der Waals surface area contributed by atoms with Crippen molar-refractivity contribution in [1.82, 2.24) is 19.5 Å². The molecule has 3 rings (SSSR count). The summed E-state index contributed by atoms with van der Waals surface area (Å²) in [5, 5.41) is 0. The molecule has 2 aromatic heterocycles. The lowest BCUT2D eigenvalue weighted by molar-refractivity contribution is 0.347. The first-order valence-electron chi connectivity index (χ1n) is 6.91. The van der Waals surface area contributed by atoms with Crippen LogP contribution in [0.25, 0.3) is 0 Å². The molecule has 0 amide bonds. The van der Waals surface area contributed by atoms with Gasteiger partial charge in [-0.2, -0.15) is 0 Å². The zero-order chi connectivity index (χ0) is 13.9. The largest absolute Gasteiger partial charge is 0.494 e. The summed E-state index contributed by atoms with van der Waals surface area (Å²) in [5.41, 5.74) is 0. The maximum absolute atomic E-state index is 5.06. The molecule has 0 atom stereocenters. The second-order valence-corrected chi connectivity index (χ2v) is 5.04. The summed E-state index contributed by atoms with van der Waals surface area (Å²) in [6, 6.07) is 0. The van der Waals surface area contributed by atoms with Crippen molar-refractivity contribution in [2.45, 2.75) is 19.9 Å². The number of methoxy groups -OCH3 is 1. The Bertz CT molecular complexity index is 559. The highest BCUT2D eigenvalue weighted by Gasteiger charge is 2.29. The highest BCUT2D eigenvalue weighted by molar-refractivity contribution is 5.35. The van der Waals surface area contributed by atoms with E-state index in [0.717, 1.165) is 37.8 Å². The summed E-state index contributed by atoms with van der Waals surface area (Å²) in [6.07, 6.45) is 8.33. The molecule has 1 fully saturated rings. The molecule has 0 aliphatic carbocycles. The number of anilines is 1. The van der Waals surface area contributed by atoms with E-state index in [2.05, 4.69) is 37.5 Å².